The van der Waals surface area contributed by atoms with Crippen LogP contribution < -0.4 is 15.4 Å². The molecule has 0 aliphatic rings. The van der Waals surface area contributed by atoms with Crippen LogP contribution in [0.4, 0.5) is 0 Å². The second-order valence-electron chi connectivity index (χ2n) is 6.19. The third-order valence-corrected chi connectivity index (χ3v) is 4.28. The van der Waals surface area contributed by atoms with Gasteiger partial charge < -0.3 is 15.4 Å². The van der Waals surface area contributed by atoms with E-state index in [9.17, 15) is 0 Å². The van der Waals surface area contributed by atoms with Crippen molar-refractivity contribution in [2.75, 3.05) is 13.7 Å². The highest BCUT2D eigenvalue weighted by Crippen LogP contribution is 2.17. The Bertz CT molecular complexity index is 923. The molecule has 0 atom stereocenters. The summed E-state index contributed by atoms with van der Waals surface area (Å²) >= 11 is 0. The van der Waals surface area contributed by atoms with E-state index in [1.807, 2.05) is 67.2 Å². The molecule has 2 aromatic heterocycles. The molecule has 0 radical (unpaired) electrons. The first-order valence-corrected chi connectivity index (χ1v) is 9.31. The van der Waals surface area contributed by atoms with Crippen LogP contribution in [0, 0.1) is 6.92 Å². The van der Waals surface area contributed by atoms with Crippen LogP contribution in [-0.2, 0) is 13.1 Å². The van der Waals surface area contributed by atoms with Crippen LogP contribution in [-0.4, -0.2) is 34.1 Å². The van der Waals surface area contributed by atoms with Crippen molar-refractivity contribution in [3.63, 3.8) is 0 Å². The molecule has 0 spiro atoms. The Kier molecular flexibility index (Phi) is 8.91. The van der Waals surface area contributed by atoms with Crippen molar-refractivity contribution in [1.29, 1.82) is 0 Å². The van der Waals surface area contributed by atoms with Crippen LogP contribution in [0.1, 0.15) is 23.9 Å². The normalized spacial score (nSPS) is 10.9. The number of rotatable bonds is 7. The van der Waals surface area contributed by atoms with E-state index >= 15 is 0 Å². The van der Waals surface area contributed by atoms with Gasteiger partial charge in [0.25, 0.3) is 0 Å². The molecule has 7 nitrogen and oxygen atoms in total. The molecule has 0 unspecified atom stereocenters. The third kappa shape index (κ3) is 6.18. The minimum absolute atomic E-state index is 0. The van der Waals surface area contributed by atoms with Gasteiger partial charge in [-0.2, -0.15) is 0 Å². The number of aliphatic imine (C=N–C) groups is 1. The maximum absolute atomic E-state index is 5.67. The molecule has 0 amide bonds. The predicted octanol–water partition coefficient (Wildman–Crippen LogP) is 3.46. The first-order valence-electron chi connectivity index (χ1n) is 9.31. The Hall–Kier alpha value is -2.62. The van der Waals surface area contributed by atoms with E-state index in [0.717, 1.165) is 34.5 Å². The quantitative estimate of drug-likeness (QED) is 0.292. The summed E-state index contributed by atoms with van der Waals surface area (Å²) in [5.41, 5.74) is 2.16. The Labute approximate surface area is 188 Å². The molecule has 3 aromatic rings. The smallest absolute Gasteiger partial charge is 0.191 e. The van der Waals surface area contributed by atoms with Crippen LogP contribution >= 0.6 is 24.0 Å². The van der Waals surface area contributed by atoms with Crippen LogP contribution in [0.15, 0.2) is 60.0 Å². The minimum Gasteiger partial charge on any atom is -0.494 e. The largest absolute Gasteiger partial charge is 0.494 e. The summed E-state index contributed by atoms with van der Waals surface area (Å²) < 4.78 is 7.62. The molecular weight excluding hydrogens is 479 g/mol. The summed E-state index contributed by atoms with van der Waals surface area (Å²) in [6.45, 7) is 5.84. The maximum atomic E-state index is 5.67. The van der Waals surface area contributed by atoms with Gasteiger partial charge in [-0.3, -0.25) is 9.56 Å². The lowest BCUT2D eigenvalue weighted by Crippen LogP contribution is -2.36. The number of nitrogens with zero attached hydrogens (tertiary/aromatic N) is 4. The SMILES string of the molecule is CCOc1ccccc1CNC(=NC)NCc1ccc(-n2ccnc2C)nc1.I. The van der Waals surface area contributed by atoms with Gasteiger partial charge in [-0.15, -0.1) is 24.0 Å². The third-order valence-electron chi connectivity index (χ3n) is 4.28. The van der Waals surface area contributed by atoms with Gasteiger partial charge in [-0.25, -0.2) is 9.97 Å². The highest BCUT2D eigenvalue weighted by molar-refractivity contribution is 14.0. The monoisotopic (exact) mass is 506 g/mol. The number of pyridine rings is 1. The molecule has 2 N–H and O–H groups in total. The maximum Gasteiger partial charge on any atom is 0.191 e. The fraction of sp³-hybridized carbons (Fsp3) is 0.286. The number of imidazole rings is 1. The highest BCUT2D eigenvalue weighted by Gasteiger charge is 2.05. The molecule has 1 aromatic carbocycles. The van der Waals surface area contributed by atoms with E-state index in [-0.39, 0.29) is 24.0 Å². The Morgan fingerprint density at radius 2 is 1.90 bits per heavy atom. The molecule has 29 heavy (non-hydrogen) atoms. The van der Waals surface area contributed by atoms with Gasteiger partial charge in [-0.05, 0) is 31.5 Å². The van der Waals surface area contributed by atoms with E-state index in [1.54, 1.807) is 13.2 Å². The highest BCUT2D eigenvalue weighted by atomic mass is 127. The van der Waals surface area contributed by atoms with Gasteiger partial charge in [0.1, 0.15) is 17.4 Å². The second-order valence-corrected chi connectivity index (χ2v) is 6.19. The van der Waals surface area contributed by atoms with E-state index < -0.39 is 0 Å². The standard InChI is InChI=1S/C21H26N6O.HI/c1-4-28-19-8-6-5-7-18(19)15-26-21(22-3)25-14-17-9-10-20(24-13-17)27-12-11-23-16(27)2;/h5-13H,4,14-15H2,1-3H3,(H2,22,25,26);1H. The van der Waals surface area contributed by atoms with Crippen LogP contribution in [0.2, 0.25) is 0 Å². The molecule has 0 saturated carbocycles. The van der Waals surface area contributed by atoms with E-state index in [1.165, 1.54) is 0 Å². The minimum atomic E-state index is 0. The Morgan fingerprint density at radius 1 is 1.10 bits per heavy atom. The summed E-state index contributed by atoms with van der Waals surface area (Å²) in [7, 11) is 1.76. The van der Waals surface area contributed by atoms with E-state index in [2.05, 4.69) is 25.6 Å². The van der Waals surface area contributed by atoms with E-state index in [0.29, 0.717) is 19.7 Å². The van der Waals surface area contributed by atoms with Gasteiger partial charge in [0.2, 0.25) is 0 Å². The summed E-state index contributed by atoms with van der Waals surface area (Å²) in [6.07, 6.45) is 5.53. The van der Waals surface area contributed by atoms with Gasteiger partial charge >= 0.3 is 0 Å². The molecule has 154 valence electrons. The van der Waals surface area contributed by atoms with Gasteiger partial charge in [-0.1, -0.05) is 24.3 Å². The summed E-state index contributed by atoms with van der Waals surface area (Å²) in [5.74, 6) is 3.38. The summed E-state index contributed by atoms with van der Waals surface area (Å²) in [6, 6.07) is 12.0. The van der Waals surface area contributed by atoms with Crippen molar-refractivity contribution in [2.24, 2.45) is 4.99 Å². The van der Waals surface area contributed by atoms with Crippen molar-refractivity contribution < 1.29 is 4.74 Å². The number of guanidine groups is 1. The van der Waals surface area contributed by atoms with Gasteiger partial charge in [0, 0.05) is 44.3 Å². The van der Waals surface area contributed by atoms with Crippen LogP contribution in [0.3, 0.4) is 0 Å². The van der Waals surface area contributed by atoms with Crippen LogP contribution in [0.25, 0.3) is 5.82 Å². The first kappa shape index (κ1) is 22.7. The second kappa shape index (κ2) is 11.4. The summed E-state index contributed by atoms with van der Waals surface area (Å²) in [5, 5.41) is 6.63. The number of ether oxygens (including phenoxy) is 1. The van der Waals surface area contributed by atoms with E-state index in [4.69, 9.17) is 4.74 Å². The molecule has 0 bridgehead atoms. The number of hydrogen-bond acceptors (Lipinski definition) is 4. The Balaban J connectivity index is 0.00000300. The molecule has 2 heterocycles. The molecule has 0 saturated heterocycles. The number of benzene rings is 1. The molecule has 3 rings (SSSR count). The zero-order chi connectivity index (χ0) is 19.8. The number of nitrogens with one attached hydrogen (secondary N) is 2. The molecular formula is C21H27IN6O. The average molecular weight is 506 g/mol. The van der Waals surface area contributed by atoms with Crippen molar-refractivity contribution >= 4 is 29.9 Å². The molecule has 0 aliphatic carbocycles. The lowest BCUT2D eigenvalue weighted by Gasteiger charge is -2.14. The van der Waals surface area contributed by atoms with Gasteiger partial charge in [0.15, 0.2) is 5.96 Å². The number of hydrogen-bond donors (Lipinski definition) is 2. The number of aromatic nitrogens is 3. The van der Waals surface area contributed by atoms with Crippen molar-refractivity contribution in [1.82, 2.24) is 25.2 Å². The first-order chi connectivity index (χ1) is 13.7. The number of aryl methyl sites for hydroxylation is 1. The Morgan fingerprint density at radius 3 is 2.55 bits per heavy atom. The fourth-order valence-electron chi connectivity index (χ4n) is 2.82. The lowest BCUT2D eigenvalue weighted by molar-refractivity contribution is 0.336. The van der Waals surface area contributed by atoms with Gasteiger partial charge in [0.05, 0.1) is 6.61 Å². The fourth-order valence-corrected chi connectivity index (χ4v) is 2.82. The number of para-hydroxylation sites is 1. The average Bonchev–Trinajstić information content (AvgIpc) is 3.16. The molecule has 0 fully saturated rings. The molecule has 0 aliphatic heterocycles. The summed E-state index contributed by atoms with van der Waals surface area (Å²) in [4.78, 5) is 13.0. The predicted molar refractivity (Wildman–Crippen MR) is 126 cm³/mol. The topological polar surface area (TPSA) is 76.4 Å². The lowest BCUT2D eigenvalue weighted by atomic mass is 10.2. The van der Waals surface area contributed by atoms with Crippen molar-refractivity contribution in [3.05, 3.63) is 71.9 Å². The van der Waals surface area contributed by atoms with Crippen molar-refractivity contribution in [3.8, 4) is 11.6 Å². The zero-order valence-electron chi connectivity index (χ0n) is 16.9. The zero-order valence-corrected chi connectivity index (χ0v) is 19.3. The molecule has 8 heteroatoms. The van der Waals surface area contributed by atoms with Crippen molar-refractivity contribution in [2.45, 2.75) is 26.9 Å². The van der Waals surface area contributed by atoms with Crippen LogP contribution in [0.5, 0.6) is 5.75 Å². The number of halogens is 1.